The van der Waals surface area contributed by atoms with Gasteiger partial charge in [-0.3, -0.25) is 9.69 Å². The second-order valence-electron chi connectivity index (χ2n) is 8.03. The number of ether oxygens (including phenoxy) is 1. The predicted octanol–water partition coefficient (Wildman–Crippen LogP) is 4.18. The molecule has 0 atom stereocenters. The summed E-state index contributed by atoms with van der Waals surface area (Å²) >= 11 is 5.91. The van der Waals surface area contributed by atoms with Gasteiger partial charge in [0.05, 0.1) is 11.5 Å². The van der Waals surface area contributed by atoms with E-state index >= 15 is 0 Å². The van der Waals surface area contributed by atoms with Gasteiger partial charge in [-0.05, 0) is 73.7 Å². The number of hydrogen-bond donors (Lipinski definition) is 1. The summed E-state index contributed by atoms with van der Waals surface area (Å²) in [4.78, 5) is 14.8. The Morgan fingerprint density at radius 3 is 2.47 bits per heavy atom. The van der Waals surface area contributed by atoms with E-state index < -0.39 is 9.84 Å². The fourth-order valence-electron chi connectivity index (χ4n) is 3.71. The van der Waals surface area contributed by atoms with Crippen LogP contribution in [0.25, 0.3) is 0 Å². The summed E-state index contributed by atoms with van der Waals surface area (Å²) in [6, 6.07) is 12.8. The van der Waals surface area contributed by atoms with Crippen LogP contribution < -0.4 is 5.32 Å². The molecule has 0 bridgehead atoms. The Morgan fingerprint density at radius 2 is 1.78 bits per heavy atom. The number of unbranched alkanes of at least 4 members (excludes halogenated alkanes) is 1. The monoisotopic (exact) mass is 478 g/mol. The molecular formula is C24H31ClN2O4S. The molecule has 32 heavy (non-hydrogen) atoms. The van der Waals surface area contributed by atoms with E-state index in [4.69, 9.17) is 16.3 Å². The number of carbonyl (C=O) groups excluding carboxylic acids is 1. The number of amides is 1. The Balaban J connectivity index is 1.70. The Kier molecular flexibility index (Phi) is 9.11. The second-order valence-corrected chi connectivity index (χ2v) is 10.8. The molecule has 0 radical (unpaired) electrons. The van der Waals surface area contributed by atoms with E-state index in [9.17, 15) is 13.2 Å². The van der Waals surface area contributed by atoms with Gasteiger partial charge in [0, 0.05) is 49.1 Å². The average molecular weight is 479 g/mol. The van der Waals surface area contributed by atoms with Gasteiger partial charge >= 0.3 is 0 Å². The summed E-state index contributed by atoms with van der Waals surface area (Å²) in [5.74, 6) is 0.246. The molecule has 1 aliphatic heterocycles. The number of rotatable bonds is 10. The van der Waals surface area contributed by atoms with Crippen LogP contribution >= 0.6 is 11.6 Å². The van der Waals surface area contributed by atoms with E-state index in [1.54, 1.807) is 24.3 Å². The van der Waals surface area contributed by atoms with Crippen molar-refractivity contribution in [2.24, 2.45) is 0 Å². The highest BCUT2D eigenvalue weighted by Gasteiger charge is 2.22. The lowest BCUT2D eigenvalue weighted by molar-refractivity contribution is 0.102. The van der Waals surface area contributed by atoms with Gasteiger partial charge in [0.2, 0.25) is 0 Å². The number of benzene rings is 2. The summed E-state index contributed by atoms with van der Waals surface area (Å²) in [6.07, 6.45) is 2.83. The van der Waals surface area contributed by atoms with E-state index in [2.05, 4.69) is 10.2 Å². The Hall–Kier alpha value is -1.93. The molecule has 8 heteroatoms. The fourth-order valence-corrected chi connectivity index (χ4v) is 5.11. The SMILES string of the molecule is CCOCCCCc1cc(NC(=O)c2ccc(Cl)cc2)ccc1CN1CCS(=O)(=O)CC1. The van der Waals surface area contributed by atoms with E-state index in [0.717, 1.165) is 38.2 Å². The first-order valence-corrected chi connectivity index (χ1v) is 13.3. The molecule has 0 aliphatic carbocycles. The Labute approximate surface area is 195 Å². The van der Waals surface area contributed by atoms with Crippen molar-refractivity contribution < 1.29 is 17.9 Å². The fraction of sp³-hybridized carbons (Fsp3) is 0.458. The summed E-state index contributed by atoms with van der Waals surface area (Å²) in [7, 11) is -2.90. The van der Waals surface area contributed by atoms with Crippen molar-refractivity contribution >= 4 is 33.0 Å². The highest BCUT2D eigenvalue weighted by molar-refractivity contribution is 7.91. The lowest BCUT2D eigenvalue weighted by Gasteiger charge is -2.27. The molecule has 0 saturated carbocycles. The van der Waals surface area contributed by atoms with Crippen molar-refractivity contribution in [3.8, 4) is 0 Å². The van der Waals surface area contributed by atoms with Crippen LogP contribution in [0.3, 0.4) is 0 Å². The van der Waals surface area contributed by atoms with Crippen LogP contribution in [0.5, 0.6) is 0 Å². The molecule has 1 fully saturated rings. The zero-order valence-electron chi connectivity index (χ0n) is 18.5. The molecule has 1 heterocycles. The largest absolute Gasteiger partial charge is 0.382 e. The van der Waals surface area contributed by atoms with Crippen LogP contribution in [0.2, 0.25) is 5.02 Å². The van der Waals surface area contributed by atoms with Gasteiger partial charge in [-0.2, -0.15) is 0 Å². The molecule has 1 N–H and O–H groups in total. The van der Waals surface area contributed by atoms with Crippen LogP contribution in [0.4, 0.5) is 5.69 Å². The Bertz CT molecular complexity index is 995. The van der Waals surface area contributed by atoms with Crippen LogP contribution in [0.1, 0.15) is 41.3 Å². The summed E-state index contributed by atoms with van der Waals surface area (Å²) in [6.45, 7) is 5.27. The lowest BCUT2D eigenvalue weighted by Crippen LogP contribution is -2.39. The Morgan fingerprint density at radius 1 is 1.06 bits per heavy atom. The molecule has 1 amide bonds. The average Bonchev–Trinajstić information content (AvgIpc) is 2.77. The van der Waals surface area contributed by atoms with Crippen molar-refractivity contribution in [2.45, 2.75) is 32.7 Å². The molecule has 3 rings (SSSR count). The molecule has 0 unspecified atom stereocenters. The van der Waals surface area contributed by atoms with Crippen molar-refractivity contribution in [1.82, 2.24) is 4.90 Å². The number of aryl methyl sites for hydroxylation is 1. The van der Waals surface area contributed by atoms with Crippen LogP contribution in [0.15, 0.2) is 42.5 Å². The second kappa shape index (κ2) is 11.8. The number of carbonyl (C=O) groups is 1. The van der Waals surface area contributed by atoms with Gasteiger partial charge in [0.25, 0.3) is 5.91 Å². The predicted molar refractivity (Wildman–Crippen MR) is 129 cm³/mol. The number of nitrogens with one attached hydrogen (secondary N) is 1. The molecule has 174 valence electrons. The van der Waals surface area contributed by atoms with Crippen LogP contribution in [-0.2, 0) is 27.5 Å². The van der Waals surface area contributed by atoms with Gasteiger partial charge in [-0.15, -0.1) is 0 Å². The highest BCUT2D eigenvalue weighted by atomic mass is 35.5. The minimum atomic E-state index is -2.90. The minimum absolute atomic E-state index is 0.182. The van der Waals surface area contributed by atoms with Crippen molar-refractivity contribution in [3.63, 3.8) is 0 Å². The zero-order chi connectivity index (χ0) is 23.0. The van der Waals surface area contributed by atoms with Gasteiger partial charge in [-0.1, -0.05) is 17.7 Å². The number of sulfone groups is 1. The van der Waals surface area contributed by atoms with Crippen molar-refractivity contribution in [1.29, 1.82) is 0 Å². The van der Waals surface area contributed by atoms with Gasteiger partial charge < -0.3 is 10.1 Å². The van der Waals surface area contributed by atoms with E-state index in [0.29, 0.717) is 30.2 Å². The maximum atomic E-state index is 12.6. The van der Waals surface area contributed by atoms with Crippen LogP contribution in [-0.4, -0.2) is 57.0 Å². The summed E-state index contributed by atoms with van der Waals surface area (Å²) < 4.78 is 28.9. The van der Waals surface area contributed by atoms with E-state index in [-0.39, 0.29) is 17.4 Å². The number of anilines is 1. The molecule has 2 aromatic rings. The van der Waals surface area contributed by atoms with Crippen LogP contribution in [0, 0.1) is 0 Å². The smallest absolute Gasteiger partial charge is 0.255 e. The molecule has 6 nitrogen and oxygen atoms in total. The number of nitrogens with zero attached hydrogens (tertiary/aromatic N) is 1. The molecule has 1 saturated heterocycles. The number of hydrogen-bond acceptors (Lipinski definition) is 5. The maximum Gasteiger partial charge on any atom is 0.255 e. The summed E-state index contributed by atoms with van der Waals surface area (Å²) in [5, 5.41) is 3.56. The molecular weight excluding hydrogens is 448 g/mol. The minimum Gasteiger partial charge on any atom is -0.382 e. The maximum absolute atomic E-state index is 12.6. The van der Waals surface area contributed by atoms with E-state index in [1.165, 1.54) is 11.1 Å². The van der Waals surface area contributed by atoms with Gasteiger partial charge in [-0.25, -0.2) is 8.42 Å². The normalized spacial score (nSPS) is 16.1. The third kappa shape index (κ3) is 7.59. The summed E-state index contributed by atoms with van der Waals surface area (Å²) in [5.41, 5.74) is 3.63. The van der Waals surface area contributed by atoms with Crippen molar-refractivity contribution in [2.75, 3.05) is 43.1 Å². The number of halogens is 1. The highest BCUT2D eigenvalue weighted by Crippen LogP contribution is 2.22. The first-order chi connectivity index (χ1) is 15.4. The quantitative estimate of drug-likeness (QED) is 0.518. The lowest BCUT2D eigenvalue weighted by atomic mass is 10.00. The molecule has 0 aromatic heterocycles. The molecule has 0 spiro atoms. The first kappa shape index (κ1) is 24.7. The van der Waals surface area contributed by atoms with Crippen molar-refractivity contribution in [3.05, 3.63) is 64.2 Å². The third-order valence-corrected chi connectivity index (χ3v) is 7.45. The van der Waals surface area contributed by atoms with Gasteiger partial charge in [0.15, 0.2) is 9.84 Å². The topological polar surface area (TPSA) is 75.7 Å². The van der Waals surface area contributed by atoms with E-state index in [1.807, 2.05) is 25.1 Å². The third-order valence-electron chi connectivity index (χ3n) is 5.59. The standard InChI is InChI=1S/C24H31ClN2O4S/c1-2-31-14-4-3-5-20-17-23(26-24(28)19-6-9-22(25)10-7-19)11-8-21(20)18-27-12-15-32(29,30)16-13-27/h6-11,17H,2-5,12-16,18H2,1H3,(H,26,28). The zero-order valence-corrected chi connectivity index (χ0v) is 20.1. The molecule has 1 aliphatic rings. The molecule has 2 aromatic carbocycles. The van der Waals surface area contributed by atoms with Gasteiger partial charge in [0.1, 0.15) is 0 Å². The first-order valence-electron chi connectivity index (χ1n) is 11.1.